The van der Waals surface area contributed by atoms with Gasteiger partial charge in [-0.2, -0.15) is 4.98 Å². The van der Waals surface area contributed by atoms with Crippen molar-refractivity contribution in [3.63, 3.8) is 0 Å². The molecular weight excluding hydrogens is 512 g/mol. The van der Waals surface area contributed by atoms with E-state index in [0.717, 1.165) is 7.11 Å². The Labute approximate surface area is 220 Å². The lowest BCUT2D eigenvalue weighted by molar-refractivity contribution is 0.0629. The fourth-order valence-electron chi connectivity index (χ4n) is 3.57. The van der Waals surface area contributed by atoms with Crippen LogP contribution < -0.4 is 10.7 Å². The van der Waals surface area contributed by atoms with Crippen LogP contribution in [0, 0.1) is 4.91 Å². The van der Waals surface area contributed by atoms with E-state index in [1.54, 1.807) is 73.6 Å². The average molecular weight is 541 g/mol. The van der Waals surface area contributed by atoms with Gasteiger partial charge in [-0.3, -0.25) is 5.84 Å². The second-order valence-corrected chi connectivity index (χ2v) is 9.99. The molecule has 1 aliphatic rings. The first-order valence-corrected chi connectivity index (χ1v) is 12.7. The van der Waals surface area contributed by atoms with Crippen LogP contribution in [-0.4, -0.2) is 54.4 Å². The molecule has 0 aliphatic heterocycles. The molecule has 4 N–H and O–H groups in total. The van der Waals surface area contributed by atoms with E-state index in [1.807, 2.05) is 0 Å². The molecule has 1 aromatic heterocycles. The Morgan fingerprint density at radius 3 is 2.55 bits per heavy atom. The van der Waals surface area contributed by atoms with Crippen LogP contribution in [0.2, 0.25) is 0 Å². The Hall–Kier alpha value is -4.01. The number of nitrogens with two attached hydrogens (primary N) is 1. The molecule has 3 aromatic rings. The predicted molar refractivity (Wildman–Crippen MR) is 144 cm³/mol. The van der Waals surface area contributed by atoms with Crippen molar-refractivity contribution in [2.45, 2.75) is 12.6 Å². The van der Waals surface area contributed by atoms with Crippen LogP contribution in [0.25, 0.3) is 22.8 Å². The smallest absolute Gasteiger partial charge is 0.258 e. The first kappa shape index (κ1) is 28.6. The Balaban J connectivity index is 0.00000195. The van der Waals surface area contributed by atoms with Crippen molar-refractivity contribution >= 4 is 21.4 Å². The maximum absolute atomic E-state index is 12.9. The molecule has 1 unspecified atom stereocenters. The highest BCUT2D eigenvalue weighted by Gasteiger charge is 2.30. The van der Waals surface area contributed by atoms with E-state index in [1.165, 1.54) is 18.2 Å². The maximum Gasteiger partial charge on any atom is 0.258 e. The summed E-state index contributed by atoms with van der Waals surface area (Å²) >= 11 is 0. The van der Waals surface area contributed by atoms with Gasteiger partial charge >= 0.3 is 0 Å². The fourth-order valence-corrected chi connectivity index (χ4v) is 4.78. The number of allylic oxidation sites excluding steroid dienone is 6. The molecule has 2 aromatic carbocycles. The Morgan fingerprint density at radius 1 is 1.08 bits per heavy atom. The highest BCUT2D eigenvalue weighted by Crippen LogP contribution is 2.33. The summed E-state index contributed by atoms with van der Waals surface area (Å²) in [6.45, 7) is 0. The molecule has 1 aliphatic carbocycles. The van der Waals surface area contributed by atoms with Crippen molar-refractivity contribution in [3.05, 3.63) is 88.2 Å². The molecular formula is C25H28N6O6S. The van der Waals surface area contributed by atoms with Gasteiger partial charge in [-0.25, -0.2) is 8.42 Å². The van der Waals surface area contributed by atoms with Gasteiger partial charge in [-0.15, -0.1) is 9.32 Å². The number of aliphatic hydroxyl groups is 2. The highest BCUT2D eigenvalue weighted by atomic mass is 32.2. The van der Waals surface area contributed by atoms with Crippen LogP contribution in [0.15, 0.2) is 87.4 Å². The highest BCUT2D eigenvalue weighted by molar-refractivity contribution is 7.92. The third kappa shape index (κ3) is 6.10. The summed E-state index contributed by atoms with van der Waals surface area (Å²) in [7, 11) is 0.467. The first-order valence-electron chi connectivity index (χ1n) is 11.3. The number of hydrogen-bond donors (Lipinski definition) is 3. The molecule has 12 nitrogen and oxygen atoms in total. The lowest BCUT2D eigenvalue weighted by Gasteiger charge is -2.24. The zero-order valence-electron chi connectivity index (χ0n) is 21.0. The number of anilines is 1. The molecule has 0 spiro atoms. The predicted octanol–water partition coefficient (Wildman–Crippen LogP) is 3.37. The van der Waals surface area contributed by atoms with Crippen LogP contribution in [0.3, 0.4) is 0 Å². The molecule has 0 radical (unpaired) electrons. The lowest BCUT2D eigenvalue weighted by atomic mass is 10.1. The maximum atomic E-state index is 12.9. The molecule has 1 atom stereocenters. The van der Waals surface area contributed by atoms with E-state index in [2.05, 4.69) is 15.3 Å². The van der Waals surface area contributed by atoms with Crippen LogP contribution in [0.5, 0.6) is 0 Å². The van der Waals surface area contributed by atoms with Crippen molar-refractivity contribution in [1.82, 2.24) is 14.6 Å². The lowest BCUT2D eigenvalue weighted by Crippen LogP contribution is -2.41. The van der Waals surface area contributed by atoms with Gasteiger partial charge in [0.15, 0.2) is 6.23 Å². The minimum absolute atomic E-state index is 0.0532. The van der Waals surface area contributed by atoms with Crippen molar-refractivity contribution < 1.29 is 23.2 Å². The molecule has 1 heterocycles. The van der Waals surface area contributed by atoms with E-state index in [4.69, 9.17) is 15.5 Å². The quantitative estimate of drug-likeness (QED) is 0.166. The monoisotopic (exact) mass is 540 g/mol. The minimum Gasteiger partial charge on any atom is -0.400 e. The van der Waals surface area contributed by atoms with Crippen LogP contribution in [0.1, 0.15) is 18.2 Å². The second-order valence-electron chi connectivity index (χ2n) is 8.10. The third-order valence-corrected chi connectivity index (χ3v) is 7.20. The number of hydrogen-bond acceptors (Lipinski definition) is 11. The fraction of sp³-hybridized carbons (Fsp3) is 0.200. The summed E-state index contributed by atoms with van der Waals surface area (Å²) in [5.74, 6) is 6.22. The molecule has 0 saturated heterocycles. The summed E-state index contributed by atoms with van der Waals surface area (Å²) < 4.78 is 31.6. The van der Waals surface area contributed by atoms with Gasteiger partial charge in [-0.1, -0.05) is 47.7 Å². The standard InChI is InChI=1S/C24H24N6O5S.CH4O/c1-29(2)21-13-12-17(15-20(21)27-32)23-26-22(28-35-23)16-8-7-9-18(14-16)24(31)30(25)36(33,34)19-10-5-3-4-6-11-19;1-2/h3-10,12-15,24,31H,11,25H2,1-2H3;2H,1H3. The van der Waals surface area contributed by atoms with Crippen molar-refractivity contribution in [1.29, 1.82) is 0 Å². The van der Waals surface area contributed by atoms with Gasteiger partial charge in [-0.05, 0) is 41.1 Å². The molecule has 0 saturated carbocycles. The summed E-state index contributed by atoms with van der Waals surface area (Å²) in [5.41, 5.74) is 2.05. The number of sulfonamides is 1. The van der Waals surface area contributed by atoms with E-state index in [0.29, 0.717) is 21.2 Å². The molecule has 4 rings (SSSR count). The van der Waals surface area contributed by atoms with Gasteiger partial charge in [0, 0.05) is 38.8 Å². The SMILES string of the molecule is CN(C)c1ccc(-c2nc(-c3cccc(C(O)N(N)S(=O)(=O)C4=CC=CC=CC4)c3)no2)cc1N=O.CO. The normalized spacial score (nSPS) is 13.8. The third-order valence-electron chi connectivity index (χ3n) is 5.48. The van der Waals surface area contributed by atoms with E-state index < -0.39 is 16.3 Å². The minimum atomic E-state index is -4.13. The molecule has 13 heteroatoms. The number of nitrogens with zero attached hydrogens (tertiary/aromatic N) is 5. The summed E-state index contributed by atoms with van der Waals surface area (Å²) in [6, 6.07) is 11.3. The molecule has 0 bridgehead atoms. The molecule has 0 fully saturated rings. The zero-order chi connectivity index (χ0) is 27.9. The van der Waals surface area contributed by atoms with Gasteiger partial charge < -0.3 is 19.6 Å². The largest absolute Gasteiger partial charge is 0.400 e. The van der Waals surface area contributed by atoms with Gasteiger partial charge in [0.25, 0.3) is 15.9 Å². The molecule has 38 heavy (non-hydrogen) atoms. The Morgan fingerprint density at radius 2 is 1.84 bits per heavy atom. The van der Waals surface area contributed by atoms with Crippen molar-refractivity contribution in [3.8, 4) is 22.8 Å². The van der Waals surface area contributed by atoms with Gasteiger partial charge in [0.2, 0.25) is 5.82 Å². The molecule has 200 valence electrons. The molecule has 0 amide bonds. The summed E-state index contributed by atoms with van der Waals surface area (Å²) in [5, 5.41) is 24.8. The second kappa shape index (κ2) is 12.5. The number of nitroso groups, excluding NO2 is 1. The number of benzene rings is 2. The Kier molecular flexibility index (Phi) is 9.39. The number of rotatable bonds is 8. The Bertz CT molecular complexity index is 1480. The first-order chi connectivity index (χ1) is 18.2. The van der Waals surface area contributed by atoms with Crippen LogP contribution >= 0.6 is 0 Å². The van der Waals surface area contributed by atoms with E-state index >= 15 is 0 Å². The topological polar surface area (TPSA) is 175 Å². The van der Waals surface area contributed by atoms with Gasteiger partial charge in [0.05, 0.1) is 10.6 Å². The van der Waals surface area contributed by atoms with E-state index in [9.17, 15) is 18.4 Å². The van der Waals surface area contributed by atoms with Crippen LogP contribution in [0.4, 0.5) is 11.4 Å². The summed E-state index contributed by atoms with van der Waals surface area (Å²) in [6.07, 6.45) is 6.64. The number of hydrazine groups is 1. The average Bonchev–Trinajstić information content (AvgIpc) is 3.27. The van der Waals surface area contributed by atoms with Gasteiger partial charge in [0.1, 0.15) is 5.69 Å². The van der Waals surface area contributed by atoms with Crippen LogP contribution in [-0.2, 0) is 10.0 Å². The summed E-state index contributed by atoms with van der Waals surface area (Å²) in [4.78, 5) is 17.4. The van der Waals surface area contributed by atoms with E-state index in [-0.39, 0.29) is 34.3 Å². The number of aromatic nitrogens is 2. The van der Waals surface area contributed by atoms with Crippen molar-refractivity contribution in [2.75, 3.05) is 26.1 Å². The zero-order valence-corrected chi connectivity index (χ0v) is 21.8. The van der Waals surface area contributed by atoms with Crippen molar-refractivity contribution in [2.24, 2.45) is 11.0 Å². The number of aliphatic hydroxyl groups excluding tert-OH is 2.